The highest BCUT2D eigenvalue weighted by molar-refractivity contribution is 4.92. The van der Waals surface area contributed by atoms with Gasteiger partial charge in [-0.05, 0) is 14.1 Å². The average Bonchev–Trinajstić information content (AvgIpc) is 2.13. The highest BCUT2D eigenvalue weighted by Gasteiger charge is 1.99. The summed E-state index contributed by atoms with van der Waals surface area (Å²) in [7, 11) is 3.82. The largest absolute Gasteiger partial charge is 0.382 e. The molecule has 0 saturated carbocycles. The minimum absolute atomic E-state index is 0.183. The number of aromatic amines is 1. The highest BCUT2D eigenvalue weighted by Crippen LogP contribution is 1.94. The topological polar surface area (TPSA) is 49.2 Å². The maximum absolute atomic E-state index is 10.5. The van der Waals surface area contributed by atoms with Gasteiger partial charge in [0.2, 0.25) is 0 Å². The van der Waals surface area contributed by atoms with Crippen molar-refractivity contribution < 1.29 is 4.52 Å². The zero-order chi connectivity index (χ0) is 7.56. The SMILES string of the molecule is CN(C)Cc1cc(=O)[nH]o1. The predicted octanol–water partition coefficient (Wildman–Crippen LogP) is 0.0295. The fourth-order valence-electron chi connectivity index (χ4n) is 0.711. The summed E-state index contributed by atoms with van der Waals surface area (Å²) in [5, 5.41) is 2.22. The van der Waals surface area contributed by atoms with E-state index in [1.165, 1.54) is 6.07 Å². The number of nitrogens with zero attached hydrogens (tertiary/aromatic N) is 1. The number of hydrogen-bond donors (Lipinski definition) is 1. The molecule has 4 heteroatoms. The maximum atomic E-state index is 10.5. The third-order valence-corrected chi connectivity index (χ3v) is 1.05. The molecule has 0 aromatic carbocycles. The van der Waals surface area contributed by atoms with E-state index >= 15 is 0 Å². The summed E-state index contributed by atoms with van der Waals surface area (Å²) in [6, 6.07) is 1.44. The van der Waals surface area contributed by atoms with Crippen LogP contribution in [0.25, 0.3) is 0 Å². The first-order chi connectivity index (χ1) is 4.68. The van der Waals surface area contributed by atoms with Crippen molar-refractivity contribution in [2.24, 2.45) is 0 Å². The lowest BCUT2D eigenvalue weighted by molar-refractivity contribution is 0.308. The molecule has 0 fully saturated rings. The first kappa shape index (κ1) is 7.08. The summed E-state index contributed by atoms with van der Waals surface area (Å²) in [4.78, 5) is 12.4. The molecule has 1 aromatic heterocycles. The summed E-state index contributed by atoms with van der Waals surface area (Å²) in [6.07, 6.45) is 0. The van der Waals surface area contributed by atoms with Gasteiger partial charge in [0.1, 0.15) is 0 Å². The molecular weight excluding hydrogens is 132 g/mol. The zero-order valence-electron chi connectivity index (χ0n) is 6.05. The van der Waals surface area contributed by atoms with Crippen LogP contribution in [-0.2, 0) is 6.54 Å². The zero-order valence-corrected chi connectivity index (χ0v) is 6.05. The number of nitrogens with one attached hydrogen (secondary N) is 1. The smallest absolute Gasteiger partial charge is 0.280 e. The van der Waals surface area contributed by atoms with Gasteiger partial charge in [-0.25, -0.2) is 0 Å². The number of rotatable bonds is 2. The molecule has 0 aliphatic carbocycles. The normalized spacial score (nSPS) is 10.7. The molecule has 0 saturated heterocycles. The van der Waals surface area contributed by atoms with Crippen LogP contribution in [0, 0.1) is 0 Å². The molecule has 1 aromatic rings. The Labute approximate surface area is 58.4 Å². The predicted molar refractivity (Wildman–Crippen MR) is 36.7 cm³/mol. The molecule has 10 heavy (non-hydrogen) atoms. The van der Waals surface area contributed by atoms with E-state index in [4.69, 9.17) is 4.52 Å². The van der Waals surface area contributed by atoms with Gasteiger partial charge >= 0.3 is 0 Å². The molecule has 0 bridgehead atoms. The van der Waals surface area contributed by atoms with Gasteiger partial charge < -0.3 is 9.42 Å². The lowest BCUT2D eigenvalue weighted by Gasteiger charge is -2.03. The van der Waals surface area contributed by atoms with Crippen LogP contribution >= 0.6 is 0 Å². The minimum atomic E-state index is -0.183. The Bertz CT molecular complexity index is 248. The van der Waals surface area contributed by atoms with Crippen molar-refractivity contribution in [3.8, 4) is 0 Å². The van der Waals surface area contributed by atoms with E-state index < -0.39 is 0 Å². The van der Waals surface area contributed by atoms with Crippen LogP contribution in [0.3, 0.4) is 0 Å². The molecule has 0 radical (unpaired) electrons. The van der Waals surface area contributed by atoms with Gasteiger partial charge in [-0.2, -0.15) is 5.16 Å². The molecular formula is C6H10N2O2. The number of aromatic nitrogens is 1. The van der Waals surface area contributed by atoms with Crippen LogP contribution in [0.2, 0.25) is 0 Å². The third-order valence-electron chi connectivity index (χ3n) is 1.05. The van der Waals surface area contributed by atoms with Gasteiger partial charge in [0, 0.05) is 6.07 Å². The van der Waals surface area contributed by atoms with Crippen molar-refractivity contribution in [3.05, 3.63) is 22.2 Å². The van der Waals surface area contributed by atoms with Gasteiger partial charge in [-0.3, -0.25) is 4.79 Å². The lowest BCUT2D eigenvalue weighted by atomic mass is 10.4. The second-order valence-electron chi connectivity index (χ2n) is 2.42. The van der Waals surface area contributed by atoms with Gasteiger partial charge in [0.15, 0.2) is 5.76 Å². The summed E-state index contributed by atoms with van der Waals surface area (Å²) in [6.45, 7) is 0.652. The van der Waals surface area contributed by atoms with E-state index in [-0.39, 0.29) is 5.56 Å². The first-order valence-corrected chi connectivity index (χ1v) is 3.00. The number of H-pyrrole nitrogens is 1. The van der Waals surface area contributed by atoms with Crippen molar-refractivity contribution in [3.63, 3.8) is 0 Å². The summed E-state index contributed by atoms with van der Waals surface area (Å²) in [5.41, 5.74) is -0.183. The Morgan fingerprint density at radius 1 is 1.70 bits per heavy atom. The van der Waals surface area contributed by atoms with Gasteiger partial charge in [-0.15, -0.1) is 0 Å². The monoisotopic (exact) mass is 142 g/mol. The average molecular weight is 142 g/mol. The van der Waals surface area contributed by atoms with Crippen molar-refractivity contribution in [1.82, 2.24) is 10.1 Å². The maximum Gasteiger partial charge on any atom is 0.280 e. The molecule has 0 unspecified atom stereocenters. The molecule has 1 heterocycles. The van der Waals surface area contributed by atoms with Crippen molar-refractivity contribution in [2.75, 3.05) is 14.1 Å². The fraction of sp³-hybridized carbons (Fsp3) is 0.500. The summed E-state index contributed by atoms with van der Waals surface area (Å²) in [5.74, 6) is 0.662. The summed E-state index contributed by atoms with van der Waals surface area (Å²) >= 11 is 0. The van der Waals surface area contributed by atoms with Crippen LogP contribution < -0.4 is 5.56 Å². The van der Waals surface area contributed by atoms with E-state index in [0.29, 0.717) is 12.3 Å². The molecule has 0 amide bonds. The minimum Gasteiger partial charge on any atom is -0.382 e. The summed E-state index contributed by atoms with van der Waals surface area (Å²) < 4.78 is 4.80. The molecule has 0 spiro atoms. The van der Waals surface area contributed by atoms with Crippen molar-refractivity contribution >= 4 is 0 Å². The van der Waals surface area contributed by atoms with Gasteiger partial charge in [0.05, 0.1) is 6.54 Å². The second-order valence-corrected chi connectivity index (χ2v) is 2.42. The number of hydrogen-bond acceptors (Lipinski definition) is 3. The van der Waals surface area contributed by atoms with Crippen LogP contribution in [-0.4, -0.2) is 24.2 Å². The molecule has 0 atom stereocenters. The van der Waals surface area contributed by atoms with Crippen LogP contribution in [0.4, 0.5) is 0 Å². The molecule has 4 nitrogen and oxygen atoms in total. The Morgan fingerprint density at radius 2 is 2.40 bits per heavy atom. The Balaban J connectivity index is 2.67. The van der Waals surface area contributed by atoms with E-state index in [1.54, 1.807) is 0 Å². The first-order valence-electron chi connectivity index (χ1n) is 3.00. The van der Waals surface area contributed by atoms with Crippen molar-refractivity contribution in [1.29, 1.82) is 0 Å². The standard InChI is InChI=1S/C6H10N2O2/c1-8(2)4-5-3-6(9)7-10-5/h3H,4H2,1-2H3,(H,7,9). The molecule has 1 rings (SSSR count). The van der Waals surface area contributed by atoms with Gasteiger partial charge in [0.25, 0.3) is 5.56 Å². The third kappa shape index (κ3) is 1.73. The van der Waals surface area contributed by atoms with Crippen LogP contribution in [0.1, 0.15) is 5.76 Å². The second kappa shape index (κ2) is 2.70. The van der Waals surface area contributed by atoms with E-state index in [0.717, 1.165) is 0 Å². The van der Waals surface area contributed by atoms with E-state index in [1.807, 2.05) is 19.0 Å². The molecule has 0 aliphatic rings. The van der Waals surface area contributed by atoms with E-state index in [9.17, 15) is 4.79 Å². The quantitative estimate of drug-likeness (QED) is 0.633. The van der Waals surface area contributed by atoms with E-state index in [2.05, 4.69) is 5.16 Å². The highest BCUT2D eigenvalue weighted by atomic mass is 16.5. The van der Waals surface area contributed by atoms with Crippen molar-refractivity contribution in [2.45, 2.75) is 6.54 Å². The molecule has 56 valence electrons. The Kier molecular flexibility index (Phi) is 1.91. The van der Waals surface area contributed by atoms with Gasteiger partial charge in [-0.1, -0.05) is 0 Å². The Morgan fingerprint density at radius 3 is 2.80 bits per heavy atom. The molecule has 1 N–H and O–H groups in total. The Hall–Kier alpha value is -1.03. The van der Waals surface area contributed by atoms with Crippen LogP contribution in [0.5, 0.6) is 0 Å². The fourth-order valence-corrected chi connectivity index (χ4v) is 0.711. The lowest BCUT2D eigenvalue weighted by Crippen LogP contribution is -2.09. The van der Waals surface area contributed by atoms with Crippen LogP contribution in [0.15, 0.2) is 15.4 Å². The molecule has 0 aliphatic heterocycles.